The molecule has 8 heteroatoms. The number of rotatable bonds is 3. The number of hydrogen-bond donors (Lipinski definition) is 1. The van der Waals surface area contributed by atoms with Crippen molar-refractivity contribution in [3.8, 4) is 0 Å². The molecule has 6 nitrogen and oxygen atoms in total. The second-order valence-electron chi connectivity index (χ2n) is 5.81. The maximum Gasteiger partial charge on any atom is 0.317 e. The number of carbonyl (C=O) groups is 1. The quantitative estimate of drug-likeness (QED) is 0.899. The van der Waals surface area contributed by atoms with E-state index in [2.05, 4.69) is 5.32 Å². The summed E-state index contributed by atoms with van der Waals surface area (Å²) in [6.07, 6.45) is 0.602. The summed E-state index contributed by atoms with van der Waals surface area (Å²) in [7, 11) is -3.59. The monoisotopic (exact) mass is 359 g/mol. The summed E-state index contributed by atoms with van der Waals surface area (Å²) in [6, 6.07) is 6.15. The number of urea groups is 1. The van der Waals surface area contributed by atoms with E-state index in [4.69, 9.17) is 11.6 Å². The molecule has 23 heavy (non-hydrogen) atoms. The third-order valence-corrected chi connectivity index (χ3v) is 5.72. The van der Waals surface area contributed by atoms with Crippen LogP contribution in [0.2, 0.25) is 5.02 Å². The highest BCUT2D eigenvalue weighted by Crippen LogP contribution is 2.21. The molecule has 1 fully saturated rings. The standard InChI is InChI=1S/C15H22ClN3O3S/c1-12(2)17-15(20)18-7-4-8-19(10-9-18)23(21,22)14-6-3-5-13(16)11-14/h3,5-6,11-12H,4,7-10H2,1-2H3,(H,17,20). The number of hydrogen-bond acceptors (Lipinski definition) is 3. The van der Waals surface area contributed by atoms with Crippen molar-refractivity contribution in [3.63, 3.8) is 0 Å². The summed E-state index contributed by atoms with van der Waals surface area (Å²) in [4.78, 5) is 13.9. The van der Waals surface area contributed by atoms with E-state index in [0.717, 1.165) is 0 Å². The zero-order chi connectivity index (χ0) is 17.0. The normalized spacial score (nSPS) is 17.1. The Balaban J connectivity index is 2.09. The smallest absolute Gasteiger partial charge is 0.317 e. The Bertz CT molecular complexity index is 664. The van der Waals surface area contributed by atoms with Crippen molar-refractivity contribution in [2.75, 3.05) is 26.2 Å². The molecule has 2 amide bonds. The van der Waals surface area contributed by atoms with Crippen molar-refractivity contribution in [1.29, 1.82) is 0 Å². The van der Waals surface area contributed by atoms with Gasteiger partial charge in [-0.05, 0) is 38.5 Å². The van der Waals surface area contributed by atoms with E-state index in [1.54, 1.807) is 17.0 Å². The molecule has 2 rings (SSSR count). The number of amides is 2. The Morgan fingerprint density at radius 3 is 2.61 bits per heavy atom. The van der Waals surface area contributed by atoms with E-state index in [0.29, 0.717) is 31.1 Å². The van der Waals surface area contributed by atoms with Gasteiger partial charge in [-0.1, -0.05) is 17.7 Å². The Morgan fingerprint density at radius 1 is 1.22 bits per heavy atom. The van der Waals surface area contributed by atoms with Crippen molar-refractivity contribution < 1.29 is 13.2 Å². The van der Waals surface area contributed by atoms with Crippen LogP contribution in [0.3, 0.4) is 0 Å². The summed E-state index contributed by atoms with van der Waals surface area (Å²) < 4.78 is 26.8. The average molecular weight is 360 g/mol. The molecule has 0 bridgehead atoms. The van der Waals surface area contributed by atoms with Crippen LogP contribution in [-0.2, 0) is 10.0 Å². The first kappa shape index (κ1) is 18.0. The van der Waals surface area contributed by atoms with E-state index >= 15 is 0 Å². The largest absolute Gasteiger partial charge is 0.336 e. The van der Waals surface area contributed by atoms with Crippen molar-refractivity contribution >= 4 is 27.7 Å². The number of benzene rings is 1. The molecule has 1 aliphatic rings. The second-order valence-corrected chi connectivity index (χ2v) is 8.18. The number of nitrogens with zero attached hydrogens (tertiary/aromatic N) is 2. The number of carbonyl (C=O) groups excluding carboxylic acids is 1. The van der Waals surface area contributed by atoms with Crippen LogP contribution in [0, 0.1) is 0 Å². The minimum Gasteiger partial charge on any atom is -0.336 e. The molecule has 1 aliphatic heterocycles. The molecular weight excluding hydrogens is 338 g/mol. The first-order valence-electron chi connectivity index (χ1n) is 7.62. The summed E-state index contributed by atoms with van der Waals surface area (Å²) in [5, 5.41) is 3.22. The lowest BCUT2D eigenvalue weighted by atomic mass is 10.4. The van der Waals surface area contributed by atoms with Gasteiger partial charge in [-0.25, -0.2) is 13.2 Å². The number of nitrogens with one attached hydrogen (secondary N) is 1. The van der Waals surface area contributed by atoms with Crippen LogP contribution in [-0.4, -0.2) is 55.9 Å². The zero-order valence-electron chi connectivity index (χ0n) is 13.3. The van der Waals surface area contributed by atoms with Crippen molar-refractivity contribution in [3.05, 3.63) is 29.3 Å². The van der Waals surface area contributed by atoms with Gasteiger partial charge in [0.25, 0.3) is 0 Å². The van der Waals surface area contributed by atoms with Gasteiger partial charge in [-0.3, -0.25) is 0 Å². The second kappa shape index (κ2) is 7.51. The maximum absolute atomic E-state index is 12.7. The number of sulfonamides is 1. The van der Waals surface area contributed by atoms with Crippen molar-refractivity contribution in [1.82, 2.24) is 14.5 Å². The minimum absolute atomic E-state index is 0.0528. The van der Waals surface area contributed by atoms with Crippen LogP contribution in [0.25, 0.3) is 0 Å². The zero-order valence-corrected chi connectivity index (χ0v) is 14.9. The van der Waals surface area contributed by atoms with E-state index in [9.17, 15) is 13.2 Å². The molecule has 1 saturated heterocycles. The van der Waals surface area contributed by atoms with Crippen LogP contribution in [0.1, 0.15) is 20.3 Å². The molecule has 0 aromatic heterocycles. The summed E-state index contributed by atoms with van der Waals surface area (Å²) in [6.45, 7) is 5.37. The Labute approximate surface area is 142 Å². The van der Waals surface area contributed by atoms with E-state index < -0.39 is 10.0 Å². The summed E-state index contributed by atoms with van der Waals surface area (Å²) in [5.74, 6) is 0. The van der Waals surface area contributed by atoms with E-state index in [1.807, 2.05) is 13.8 Å². The highest BCUT2D eigenvalue weighted by atomic mass is 35.5. The van der Waals surface area contributed by atoms with Gasteiger partial charge in [0.15, 0.2) is 0 Å². The van der Waals surface area contributed by atoms with E-state index in [1.165, 1.54) is 16.4 Å². The topological polar surface area (TPSA) is 69.7 Å². The fraction of sp³-hybridized carbons (Fsp3) is 0.533. The Hall–Kier alpha value is -1.31. The predicted molar refractivity (Wildman–Crippen MR) is 90.1 cm³/mol. The maximum atomic E-state index is 12.7. The summed E-state index contributed by atoms with van der Waals surface area (Å²) >= 11 is 5.89. The van der Waals surface area contributed by atoms with Crippen LogP contribution in [0.4, 0.5) is 4.79 Å². The average Bonchev–Trinajstić information content (AvgIpc) is 2.73. The van der Waals surface area contributed by atoms with Crippen LogP contribution < -0.4 is 5.32 Å². The van der Waals surface area contributed by atoms with Gasteiger partial charge < -0.3 is 10.2 Å². The first-order valence-corrected chi connectivity index (χ1v) is 9.43. The van der Waals surface area contributed by atoms with Gasteiger partial charge in [0, 0.05) is 37.2 Å². The molecular formula is C15H22ClN3O3S. The molecule has 0 radical (unpaired) electrons. The fourth-order valence-corrected chi connectivity index (χ4v) is 4.22. The highest BCUT2D eigenvalue weighted by molar-refractivity contribution is 7.89. The van der Waals surface area contributed by atoms with Gasteiger partial charge in [0.05, 0.1) is 4.90 Å². The van der Waals surface area contributed by atoms with Gasteiger partial charge in [-0.2, -0.15) is 4.31 Å². The molecule has 1 N–H and O–H groups in total. The lowest BCUT2D eigenvalue weighted by Crippen LogP contribution is -2.44. The molecule has 1 aromatic rings. The lowest BCUT2D eigenvalue weighted by Gasteiger charge is -2.23. The molecule has 1 aromatic carbocycles. The molecule has 0 unspecified atom stereocenters. The third-order valence-electron chi connectivity index (χ3n) is 3.59. The Morgan fingerprint density at radius 2 is 1.96 bits per heavy atom. The lowest BCUT2D eigenvalue weighted by molar-refractivity contribution is 0.198. The van der Waals surface area contributed by atoms with Crippen LogP contribution >= 0.6 is 11.6 Å². The molecule has 0 aliphatic carbocycles. The molecule has 128 valence electrons. The number of halogens is 1. The molecule has 0 spiro atoms. The van der Waals surface area contributed by atoms with Gasteiger partial charge in [0.1, 0.15) is 0 Å². The Kier molecular flexibility index (Phi) is 5.89. The van der Waals surface area contributed by atoms with Gasteiger partial charge in [0.2, 0.25) is 10.0 Å². The van der Waals surface area contributed by atoms with Crippen LogP contribution in [0.15, 0.2) is 29.2 Å². The molecule has 0 atom stereocenters. The third kappa shape index (κ3) is 4.59. The van der Waals surface area contributed by atoms with Crippen molar-refractivity contribution in [2.45, 2.75) is 31.2 Å². The molecule has 0 saturated carbocycles. The predicted octanol–water partition coefficient (Wildman–Crippen LogP) is 2.15. The van der Waals surface area contributed by atoms with Gasteiger partial charge >= 0.3 is 6.03 Å². The van der Waals surface area contributed by atoms with Gasteiger partial charge in [-0.15, -0.1) is 0 Å². The summed E-state index contributed by atoms with van der Waals surface area (Å²) in [5.41, 5.74) is 0. The van der Waals surface area contributed by atoms with Crippen molar-refractivity contribution in [2.24, 2.45) is 0 Å². The van der Waals surface area contributed by atoms with Crippen LogP contribution in [0.5, 0.6) is 0 Å². The first-order chi connectivity index (χ1) is 10.8. The highest BCUT2D eigenvalue weighted by Gasteiger charge is 2.28. The molecule has 1 heterocycles. The minimum atomic E-state index is -3.59. The fourth-order valence-electron chi connectivity index (χ4n) is 2.45. The van der Waals surface area contributed by atoms with E-state index in [-0.39, 0.29) is 23.5 Å². The SMILES string of the molecule is CC(C)NC(=O)N1CCCN(S(=O)(=O)c2cccc(Cl)c2)CC1.